The molecule has 0 radical (unpaired) electrons. The second-order valence-electron chi connectivity index (χ2n) is 6.58. The van der Waals surface area contributed by atoms with Crippen LogP contribution in [0.15, 0.2) is 48.5 Å². The summed E-state index contributed by atoms with van der Waals surface area (Å²) >= 11 is 0. The number of anilines is 2. The van der Waals surface area contributed by atoms with Gasteiger partial charge in [0.25, 0.3) is 0 Å². The highest BCUT2D eigenvalue weighted by Gasteiger charge is 2.35. The number of nitrogens with one attached hydrogen (secondary N) is 2. The van der Waals surface area contributed by atoms with Gasteiger partial charge >= 0.3 is 0 Å². The molecule has 1 aliphatic heterocycles. The molecule has 0 aliphatic carbocycles. The molecule has 1 fully saturated rings. The highest BCUT2D eigenvalue weighted by atomic mass is 16.5. The molecule has 1 atom stereocenters. The van der Waals surface area contributed by atoms with Gasteiger partial charge < -0.3 is 25.0 Å². The molecule has 1 aliphatic rings. The average Bonchev–Trinajstić information content (AvgIpc) is 3.14. The van der Waals surface area contributed by atoms with Gasteiger partial charge in [-0.1, -0.05) is 18.2 Å². The maximum absolute atomic E-state index is 12.4. The van der Waals surface area contributed by atoms with E-state index in [2.05, 4.69) is 10.6 Å². The number of para-hydroxylation sites is 1. The molecule has 8 heteroatoms. The Labute approximate surface area is 168 Å². The number of rotatable bonds is 7. The molecule has 0 bridgehead atoms. The summed E-state index contributed by atoms with van der Waals surface area (Å²) in [7, 11) is 3.05. The predicted octanol–water partition coefficient (Wildman–Crippen LogP) is 1.81. The van der Waals surface area contributed by atoms with Gasteiger partial charge in [0.2, 0.25) is 17.7 Å². The number of methoxy groups -OCH3 is 2. The summed E-state index contributed by atoms with van der Waals surface area (Å²) in [6, 6.07) is 14.1. The van der Waals surface area contributed by atoms with E-state index in [1.165, 1.54) is 19.1 Å². The van der Waals surface area contributed by atoms with E-state index in [1.54, 1.807) is 42.5 Å². The summed E-state index contributed by atoms with van der Waals surface area (Å²) in [4.78, 5) is 38.4. The van der Waals surface area contributed by atoms with Crippen molar-refractivity contribution in [1.29, 1.82) is 0 Å². The van der Waals surface area contributed by atoms with Gasteiger partial charge in [-0.05, 0) is 24.3 Å². The first kappa shape index (κ1) is 20.2. The first-order chi connectivity index (χ1) is 14.0. The van der Waals surface area contributed by atoms with Gasteiger partial charge in [0, 0.05) is 30.4 Å². The van der Waals surface area contributed by atoms with Crippen molar-refractivity contribution < 1.29 is 23.9 Å². The normalized spacial score (nSPS) is 15.7. The molecule has 8 nitrogen and oxygen atoms in total. The largest absolute Gasteiger partial charge is 0.493 e. The Morgan fingerprint density at radius 3 is 2.48 bits per heavy atom. The zero-order valence-corrected chi connectivity index (χ0v) is 16.3. The fourth-order valence-electron chi connectivity index (χ4n) is 3.16. The Morgan fingerprint density at radius 2 is 1.79 bits per heavy atom. The molecule has 0 spiro atoms. The van der Waals surface area contributed by atoms with Crippen molar-refractivity contribution in [3.8, 4) is 11.5 Å². The summed E-state index contributed by atoms with van der Waals surface area (Å²) in [5, 5.41) is 5.30. The SMILES string of the molecule is COc1ccc(N2CC(C(=O)NCC(=O)Nc3ccccc3)CC2=O)cc1OC. The van der Waals surface area contributed by atoms with Crippen LogP contribution >= 0.6 is 0 Å². The van der Waals surface area contributed by atoms with Crippen LogP contribution in [-0.4, -0.2) is 45.0 Å². The molecule has 0 saturated carbocycles. The molecule has 2 aromatic rings. The highest BCUT2D eigenvalue weighted by molar-refractivity contribution is 6.01. The first-order valence-corrected chi connectivity index (χ1v) is 9.17. The number of carbonyl (C=O) groups is 3. The second-order valence-corrected chi connectivity index (χ2v) is 6.58. The Kier molecular flexibility index (Phi) is 6.33. The van der Waals surface area contributed by atoms with Crippen LogP contribution in [0.1, 0.15) is 6.42 Å². The van der Waals surface area contributed by atoms with Crippen LogP contribution < -0.4 is 25.0 Å². The third-order valence-corrected chi connectivity index (χ3v) is 4.66. The molecule has 152 valence electrons. The van der Waals surface area contributed by atoms with Crippen molar-refractivity contribution in [3.63, 3.8) is 0 Å². The monoisotopic (exact) mass is 397 g/mol. The zero-order chi connectivity index (χ0) is 20.8. The Hall–Kier alpha value is -3.55. The maximum Gasteiger partial charge on any atom is 0.243 e. The number of carbonyl (C=O) groups excluding carboxylic acids is 3. The number of ether oxygens (including phenoxy) is 2. The van der Waals surface area contributed by atoms with E-state index >= 15 is 0 Å². The molecule has 1 saturated heterocycles. The molecular formula is C21H23N3O5. The summed E-state index contributed by atoms with van der Waals surface area (Å²) in [5.41, 5.74) is 1.28. The van der Waals surface area contributed by atoms with Crippen molar-refractivity contribution >= 4 is 29.1 Å². The first-order valence-electron chi connectivity index (χ1n) is 9.17. The highest BCUT2D eigenvalue weighted by Crippen LogP contribution is 2.34. The molecule has 3 amide bonds. The van der Waals surface area contributed by atoms with Crippen LogP contribution in [0.5, 0.6) is 11.5 Å². The summed E-state index contributed by atoms with van der Waals surface area (Å²) < 4.78 is 10.5. The van der Waals surface area contributed by atoms with Crippen LogP contribution in [0.2, 0.25) is 0 Å². The van der Waals surface area contributed by atoms with Gasteiger partial charge in [0.15, 0.2) is 11.5 Å². The summed E-state index contributed by atoms with van der Waals surface area (Å²) in [6.45, 7) is 0.0786. The molecule has 29 heavy (non-hydrogen) atoms. The molecule has 1 heterocycles. The number of hydrogen-bond acceptors (Lipinski definition) is 5. The standard InChI is InChI=1S/C21H23N3O5/c1-28-17-9-8-16(11-18(17)29-2)24-13-14(10-20(24)26)21(27)22-12-19(25)23-15-6-4-3-5-7-15/h3-9,11,14H,10,12-13H2,1-2H3,(H,22,27)(H,23,25). The van der Waals surface area contributed by atoms with Crippen molar-refractivity contribution in [2.24, 2.45) is 5.92 Å². The van der Waals surface area contributed by atoms with Crippen LogP contribution in [0.25, 0.3) is 0 Å². The van der Waals surface area contributed by atoms with Crippen molar-refractivity contribution in [3.05, 3.63) is 48.5 Å². The topological polar surface area (TPSA) is 97.0 Å². The van der Waals surface area contributed by atoms with Crippen LogP contribution in [0.3, 0.4) is 0 Å². The van der Waals surface area contributed by atoms with Crippen molar-refractivity contribution in [1.82, 2.24) is 5.32 Å². The van der Waals surface area contributed by atoms with Crippen LogP contribution in [0, 0.1) is 5.92 Å². The Bertz CT molecular complexity index is 900. The minimum Gasteiger partial charge on any atom is -0.493 e. The second kappa shape index (κ2) is 9.09. The minimum absolute atomic E-state index is 0.0838. The number of hydrogen-bond donors (Lipinski definition) is 2. The van der Waals surface area contributed by atoms with E-state index in [4.69, 9.17) is 9.47 Å². The third-order valence-electron chi connectivity index (χ3n) is 4.66. The van der Waals surface area contributed by atoms with E-state index in [1.807, 2.05) is 6.07 Å². The number of nitrogens with zero attached hydrogens (tertiary/aromatic N) is 1. The summed E-state index contributed by atoms with van der Waals surface area (Å²) in [5.74, 6) is -0.286. The quantitative estimate of drug-likeness (QED) is 0.743. The van der Waals surface area contributed by atoms with E-state index in [0.717, 1.165) is 0 Å². The van der Waals surface area contributed by atoms with Crippen molar-refractivity contribution in [2.45, 2.75) is 6.42 Å². The average molecular weight is 397 g/mol. The zero-order valence-electron chi connectivity index (χ0n) is 16.3. The summed E-state index contributed by atoms with van der Waals surface area (Å²) in [6.07, 6.45) is 0.0838. The molecule has 3 rings (SSSR count). The fourth-order valence-corrected chi connectivity index (χ4v) is 3.16. The molecule has 1 unspecified atom stereocenters. The number of benzene rings is 2. The lowest BCUT2D eigenvalue weighted by Crippen LogP contribution is -2.37. The van der Waals surface area contributed by atoms with Gasteiger partial charge in [-0.15, -0.1) is 0 Å². The van der Waals surface area contributed by atoms with Crippen LogP contribution in [-0.2, 0) is 14.4 Å². The molecule has 2 N–H and O–H groups in total. The fraction of sp³-hybridized carbons (Fsp3) is 0.286. The van der Waals surface area contributed by atoms with E-state index in [-0.39, 0.29) is 37.2 Å². The van der Waals surface area contributed by atoms with Crippen LogP contribution in [0.4, 0.5) is 11.4 Å². The van der Waals surface area contributed by atoms with Gasteiger partial charge in [0.05, 0.1) is 26.7 Å². The van der Waals surface area contributed by atoms with E-state index in [0.29, 0.717) is 22.9 Å². The third kappa shape index (κ3) is 4.84. The number of amides is 3. The van der Waals surface area contributed by atoms with Gasteiger partial charge in [0.1, 0.15) is 0 Å². The lowest BCUT2D eigenvalue weighted by Gasteiger charge is -2.18. The lowest BCUT2D eigenvalue weighted by atomic mass is 10.1. The smallest absolute Gasteiger partial charge is 0.243 e. The Balaban J connectivity index is 1.57. The van der Waals surface area contributed by atoms with Gasteiger partial charge in [-0.3, -0.25) is 14.4 Å². The van der Waals surface area contributed by atoms with Gasteiger partial charge in [-0.2, -0.15) is 0 Å². The molecular weight excluding hydrogens is 374 g/mol. The lowest BCUT2D eigenvalue weighted by molar-refractivity contribution is -0.127. The van der Waals surface area contributed by atoms with E-state index in [9.17, 15) is 14.4 Å². The minimum atomic E-state index is -0.528. The molecule has 2 aromatic carbocycles. The van der Waals surface area contributed by atoms with Crippen molar-refractivity contribution in [2.75, 3.05) is 37.5 Å². The predicted molar refractivity (Wildman–Crippen MR) is 108 cm³/mol. The molecule has 0 aromatic heterocycles. The van der Waals surface area contributed by atoms with Gasteiger partial charge in [-0.25, -0.2) is 0 Å². The maximum atomic E-state index is 12.4. The van der Waals surface area contributed by atoms with E-state index < -0.39 is 5.92 Å². The Morgan fingerprint density at radius 1 is 1.07 bits per heavy atom.